The van der Waals surface area contributed by atoms with Gasteiger partial charge in [0, 0.05) is 12.0 Å². The third-order valence-electron chi connectivity index (χ3n) is 3.42. The number of carbonyl (C=O) groups is 1. The van der Waals surface area contributed by atoms with Gasteiger partial charge in [-0.2, -0.15) is 0 Å². The van der Waals surface area contributed by atoms with E-state index in [1.54, 1.807) is 11.6 Å². The molecular formula is C13H18O2. The van der Waals surface area contributed by atoms with Crippen molar-refractivity contribution in [2.45, 2.75) is 33.1 Å². The van der Waals surface area contributed by atoms with Crippen molar-refractivity contribution in [3.8, 4) is 0 Å². The molecule has 0 saturated heterocycles. The Hall–Kier alpha value is -1.05. The van der Waals surface area contributed by atoms with Crippen LogP contribution in [0.1, 0.15) is 33.1 Å². The molecule has 0 bridgehead atoms. The molecule has 0 spiro atoms. The zero-order valence-corrected chi connectivity index (χ0v) is 9.45. The number of rotatable bonds is 3. The Bertz CT molecular complexity index is 325. The van der Waals surface area contributed by atoms with Crippen LogP contribution in [-0.4, -0.2) is 12.6 Å². The van der Waals surface area contributed by atoms with Crippen molar-refractivity contribution in [1.29, 1.82) is 0 Å². The van der Waals surface area contributed by atoms with Gasteiger partial charge in [-0.25, -0.2) is 4.79 Å². The normalized spacial score (nSPS) is 30.8. The predicted molar refractivity (Wildman–Crippen MR) is 59.3 cm³/mol. The maximum Gasteiger partial charge on any atom is 0.330 e. The van der Waals surface area contributed by atoms with Gasteiger partial charge in [-0.15, -0.1) is 0 Å². The number of esters is 1. The van der Waals surface area contributed by atoms with Crippen LogP contribution in [0.15, 0.2) is 23.3 Å². The smallest absolute Gasteiger partial charge is 0.330 e. The second-order valence-corrected chi connectivity index (χ2v) is 4.34. The average Bonchev–Trinajstić information content (AvgIpc) is 2.53. The van der Waals surface area contributed by atoms with Crippen LogP contribution < -0.4 is 0 Å². The molecule has 2 heteroatoms. The molecule has 0 aromatic carbocycles. The van der Waals surface area contributed by atoms with E-state index in [9.17, 15) is 4.79 Å². The summed E-state index contributed by atoms with van der Waals surface area (Å²) in [6, 6.07) is 0. The van der Waals surface area contributed by atoms with Crippen molar-refractivity contribution < 1.29 is 9.53 Å². The van der Waals surface area contributed by atoms with Crippen LogP contribution in [0.5, 0.6) is 0 Å². The molecule has 82 valence electrons. The van der Waals surface area contributed by atoms with Gasteiger partial charge in [0.2, 0.25) is 0 Å². The molecule has 2 nitrogen and oxygen atoms in total. The highest BCUT2D eigenvalue weighted by Gasteiger charge is 2.38. The third kappa shape index (κ3) is 1.99. The molecule has 0 N–H and O–H groups in total. The lowest BCUT2D eigenvalue weighted by Gasteiger charge is -2.33. The minimum atomic E-state index is -0.177. The number of hydrogen-bond donors (Lipinski definition) is 0. The molecule has 2 aliphatic carbocycles. The fraction of sp³-hybridized carbons (Fsp3) is 0.615. The van der Waals surface area contributed by atoms with Crippen LogP contribution in [0.2, 0.25) is 0 Å². The summed E-state index contributed by atoms with van der Waals surface area (Å²) in [5.74, 6) is 1.15. The van der Waals surface area contributed by atoms with Crippen LogP contribution in [0.4, 0.5) is 0 Å². The van der Waals surface area contributed by atoms with E-state index in [4.69, 9.17) is 4.74 Å². The molecule has 2 rings (SSSR count). The van der Waals surface area contributed by atoms with Gasteiger partial charge < -0.3 is 4.74 Å². The molecule has 2 atom stereocenters. The van der Waals surface area contributed by atoms with Gasteiger partial charge in [0.15, 0.2) is 0 Å². The second kappa shape index (κ2) is 4.21. The minimum Gasteiger partial charge on any atom is -0.463 e. The van der Waals surface area contributed by atoms with Gasteiger partial charge in [-0.3, -0.25) is 0 Å². The highest BCUT2D eigenvalue weighted by molar-refractivity contribution is 5.83. The summed E-state index contributed by atoms with van der Waals surface area (Å²) in [7, 11) is 0. The fourth-order valence-corrected chi connectivity index (χ4v) is 2.56. The van der Waals surface area contributed by atoms with Crippen molar-refractivity contribution in [3.05, 3.63) is 23.3 Å². The molecule has 15 heavy (non-hydrogen) atoms. The highest BCUT2D eigenvalue weighted by atomic mass is 16.5. The van der Waals surface area contributed by atoms with Gasteiger partial charge in [-0.05, 0) is 32.1 Å². The average molecular weight is 206 g/mol. The Morgan fingerprint density at radius 3 is 3.00 bits per heavy atom. The second-order valence-electron chi connectivity index (χ2n) is 4.34. The monoisotopic (exact) mass is 206 g/mol. The molecule has 0 aromatic rings. The summed E-state index contributed by atoms with van der Waals surface area (Å²) in [6.45, 7) is 4.50. The van der Waals surface area contributed by atoms with Gasteiger partial charge in [0.05, 0.1) is 6.61 Å². The van der Waals surface area contributed by atoms with Gasteiger partial charge in [-0.1, -0.05) is 24.1 Å². The Morgan fingerprint density at radius 1 is 1.53 bits per heavy atom. The number of hydrogen-bond acceptors (Lipinski definition) is 2. The largest absolute Gasteiger partial charge is 0.463 e. The van der Waals surface area contributed by atoms with E-state index in [-0.39, 0.29) is 5.97 Å². The Kier molecular flexibility index (Phi) is 2.94. The van der Waals surface area contributed by atoms with Crippen molar-refractivity contribution in [2.75, 3.05) is 6.61 Å². The molecule has 0 heterocycles. The lowest BCUT2D eigenvalue weighted by atomic mass is 9.71. The maximum absolute atomic E-state index is 11.3. The zero-order chi connectivity index (χ0) is 10.8. The first-order valence-corrected chi connectivity index (χ1v) is 5.81. The number of fused-ring (bicyclic) bond motifs is 1. The van der Waals surface area contributed by atoms with E-state index in [1.165, 1.54) is 12.0 Å². The van der Waals surface area contributed by atoms with Crippen LogP contribution in [0.3, 0.4) is 0 Å². The molecule has 0 radical (unpaired) electrons. The van der Waals surface area contributed by atoms with E-state index in [1.807, 2.05) is 6.92 Å². The Balaban J connectivity index is 1.98. The SMILES string of the molecule is CCOC(=O)C=C1CC2CC(CC)=CC12. The van der Waals surface area contributed by atoms with Crippen LogP contribution in [0, 0.1) is 11.8 Å². The minimum absolute atomic E-state index is 0.177. The first-order valence-electron chi connectivity index (χ1n) is 5.81. The van der Waals surface area contributed by atoms with Crippen LogP contribution in [-0.2, 0) is 9.53 Å². The summed E-state index contributed by atoms with van der Waals surface area (Å²) in [4.78, 5) is 11.3. The van der Waals surface area contributed by atoms with Crippen molar-refractivity contribution >= 4 is 5.97 Å². The van der Waals surface area contributed by atoms with Gasteiger partial charge in [0.1, 0.15) is 0 Å². The number of carbonyl (C=O) groups excluding carboxylic acids is 1. The summed E-state index contributed by atoms with van der Waals surface area (Å²) >= 11 is 0. The standard InChI is InChI=1S/C13H18O2/c1-3-9-5-10-7-11(12(10)6-9)8-13(14)15-4-2/h6,8,10,12H,3-5,7H2,1-2H3. The highest BCUT2D eigenvalue weighted by Crippen LogP contribution is 2.49. The number of ether oxygens (including phenoxy) is 1. The fourth-order valence-electron chi connectivity index (χ4n) is 2.56. The van der Waals surface area contributed by atoms with Crippen molar-refractivity contribution in [2.24, 2.45) is 11.8 Å². The summed E-state index contributed by atoms with van der Waals surface area (Å²) in [5.41, 5.74) is 2.82. The molecule has 2 aliphatic rings. The topological polar surface area (TPSA) is 26.3 Å². The lowest BCUT2D eigenvalue weighted by Crippen LogP contribution is -2.24. The Labute approximate surface area is 91.0 Å². The van der Waals surface area contributed by atoms with Crippen LogP contribution in [0.25, 0.3) is 0 Å². The van der Waals surface area contributed by atoms with Crippen molar-refractivity contribution in [3.63, 3.8) is 0 Å². The summed E-state index contributed by atoms with van der Waals surface area (Å²) in [5, 5.41) is 0. The molecule has 0 amide bonds. The van der Waals surface area contributed by atoms with Gasteiger partial charge >= 0.3 is 5.97 Å². The van der Waals surface area contributed by atoms with Crippen molar-refractivity contribution in [1.82, 2.24) is 0 Å². The van der Waals surface area contributed by atoms with E-state index < -0.39 is 0 Å². The molecule has 1 fully saturated rings. The summed E-state index contributed by atoms with van der Waals surface area (Å²) in [6.07, 6.45) is 7.52. The molecular weight excluding hydrogens is 188 g/mol. The first kappa shape index (κ1) is 10.5. The lowest BCUT2D eigenvalue weighted by molar-refractivity contribution is -0.137. The van der Waals surface area contributed by atoms with E-state index in [0.29, 0.717) is 12.5 Å². The first-order chi connectivity index (χ1) is 7.24. The quantitative estimate of drug-likeness (QED) is 0.403. The van der Waals surface area contributed by atoms with Crippen LogP contribution >= 0.6 is 0 Å². The van der Waals surface area contributed by atoms with E-state index in [0.717, 1.165) is 18.8 Å². The maximum atomic E-state index is 11.3. The molecule has 1 saturated carbocycles. The third-order valence-corrected chi connectivity index (χ3v) is 3.42. The molecule has 2 unspecified atom stereocenters. The zero-order valence-electron chi connectivity index (χ0n) is 9.45. The Morgan fingerprint density at radius 2 is 2.33 bits per heavy atom. The summed E-state index contributed by atoms with van der Waals surface area (Å²) < 4.78 is 4.91. The van der Waals surface area contributed by atoms with Gasteiger partial charge in [0.25, 0.3) is 0 Å². The number of allylic oxidation sites excluding steroid dienone is 3. The molecule has 0 aliphatic heterocycles. The molecule has 0 aromatic heterocycles. The van der Waals surface area contributed by atoms with E-state index in [2.05, 4.69) is 13.0 Å². The predicted octanol–water partition coefficient (Wildman–Crippen LogP) is 2.85. The van der Waals surface area contributed by atoms with E-state index >= 15 is 0 Å².